The van der Waals surface area contributed by atoms with Crippen molar-refractivity contribution >= 4 is 34.3 Å². The lowest BCUT2D eigenvalue weighted by atomic mass is 9.84. The van der Waals surface area contributed by atoms with Crippen molar-refractivity contribution in [2.24, 2.45) is 0 Å². The van der Waals surface area contributed by atoms with Gasteiger partial charge in [0.25, 0.3) is 0 Å². The summed E-state index contributed by atoms with van der Waals surface area (Å²) in [6, 6.07) is 15.0. The standard InChI is InChI=1S/C21H16Cl2N2O2/c1-21(2,13-6-4-3-5-7-13)20-24-18(26)17-16(11-27-19(17)25-20)12-8-14(22)10-15(23)9-12/h3-11H,1-2H3,(H,24,25,26). The van der Waals surface area contributed by atoms with Crippen LogP contribution in [0.15, 0.2) is 59.2 Å². The maximum absolute atomic E-state index is 10.7. The van der Waals surface area contributed by atoms with Crippen molar-refractivity contribution in [3.8, 4) is 17.0 Å². The highest BCUT2D eigenvalue weighted by Gasteiger charge is 2.29. The molecule has 0 amide bonds. The van der Waals surface area contributed by atoms with Gasteiger partial charge >= 0.3 is 0 Å². The lowest BCUT2D eigenvalue weighted by Gasteiger charge is -2.23. The van der Waals surface area contributed by atoms with E-state index in [0.29, 0.717) is 32.5 Å². The van der Waals surface area contributed by atoms with Crippen LogP contribution < -0.4 is 0 Å². The van der Waals surface area contributed by atoms with Crippen LogP contribution in [0.5, 0.6) is 5.88 Å². The van der Waals surface area contributed by atoms with Crippen LogP contribution in [-0.4, -0.2) is 15.1 Å². The molecule has 0 aliphatic heterocycles. The van der Waals surface area contributed by atoms with E-state index in [9.17, 15) is 5.11 Å². The van der Waals surface area contributed by atoms with Gasteiger partial charge in [-0.25, -0.2) is 0 Å². The number of aromatic hydroxyl groups is 1. The lowest BCUT2D eigenvalue weighted by Crippen LogP contribution is -2.22. The first-order chi connectivity index (χ1) is 12.9. The molecule has 0 fully saturated rings. The molecule has 6 heteroatoms. The summed E-state index contributed by atoms with van der Waals surface area (Å²) in [5, 5.41) is 12.1. The van der Waals surface area contributed by atoms with E-state index in [0.717, 1.165) is 11.1 Å². The van der Waals surface area contributed by atoms with Gasteiger partial charge in [-0.1, -0.05) is 53.5 Å². The Balaban J connectivity index is 1.87. The third-order valence-corrected chi connectivity index (χ3v) is 5.08. The second-order valence-electron chi connectivity index (χ2n) is 6.85. The van der Waals surface area contributed by atoms with E-state index in [-0.39, 0.29) is 5.88 Å². The van der Waals surface area contributed by atoms with Crippen LogP contribution in [0.25, 0.3) is 22.2 Å². The number of benzene rings is 2. The summed E-state index contributed by atoms with van der Waals surface area (Å²) in [4.78, 5) is 8.94. The van der Waals surface area contributed by atoms with Crippen LogP contribution >= 0.6 is 23.2 Å². The highest BCUT2D eigenvalue weighted by molar-refractivity contribution is 6.35. The third kappa shape index (κ3) is 3.15. The minimum Gasteiger partial charge on any atom is -0.493 e. The Hall–Kier alpha value is -2.56. The Kier molecular flexibility index (Phi) is 4.33. The number of fused-ring (bicyclic) bond motifs is 1. The first-order valence-electron chi connectivity index (χ1n) is 8.37. The molecule has 0 aliphatic carbocycles. The Morgan fingerprint density at radius 2 is 1.63 bits per heavy atom. The monoisotopic (exact) mass is 398 g/mol. The van der Waals surface area contributed by atoms with Crippen molar-refractivity contribution in [1.29, 1.82) is 0 Å². The third-order valence-electron chi connectivity index (χ3n) is 4.64. The van der Waals surface area contributed by atoms with Gasteiger partial charge in [0.15, 0.2) is 0 Å². The normalized spacial score (nSPS) is 11.9. The zero-order valence-electron chi connectivity index (χ0n) is 14.7. The van der Waals surface area contributed by atoms with Crippen LogP contribution in [0.2, 0.25) is 10.0 Å². The molecule has 0 radical (unpaired) electrons. The second kappa shape index (κ2) is 6.55. The van der Waals surface area contributed by atoms with E-state index in [2.05, 4.69) is 9.97 Å². The van der Waals surface area contributed by atoms with Crippen LogP contribution in [-0.2, 0) is 5.41 Å². The molecule has 2 aromatic carbocycles. The molecule has 0 unspecified atom stereocenters. The number of hydrogen-bond donors (Lipinski definition) is 1. The van der Waals surface area contributed by atoms with Crippen LogP contribution in [0.3, 0.4) is 0 Å². The largest absolute Gasteiger partial charge is 0.493 e. The molecular weight excluding hydrogens is 383 g/mol. The molecule has 4 aromatic rings. The van der Waals surface area contributed by atoms with Crippen molar-refractivity contribution in [1.82, 2.24) is 9.97 Å². The number of aromatic nitrogens is 2. The predicted octanol–water partition coefficient (Wildman–Crippen LogP) is 6.23. The van der Waals surface area contributed by atoms with Gasteiger partial charge in [-0.3, -0.25) is 0 Å². The molecule has 27 heavy (non-hydrogen) atoms. The number of rotatable bonds is 3. The highest BCUT2D eigenvalue weighted by Crippen LogP contribution is 2.39. The van der Waals surface area contributed by atoms with Gasteiger partial charge in [-0.15, -0.1) is 0 Å². The summed E-state index contributed by atoms with van der Waals surface area (Å²) in [7, 11) is 0. The van der Waals surface area contributed by atoms with Gasteiger partial charge in [-0.2, -0.15) is 9.97 Å². The Morgan fingerprint density at radius 3 is 2.30 bits per heavy atom. The van der Waals surface area contributed by atoms with Gasteiger partial charge in [0.05, 0.1) is 0 Å². The Labute approximate surface area is 166 Å². The fraction of sp³-hybridized carbons (Fsp3) is 0.143. The SMILES string of the molecule is CC(C)(c1ccccc1)c1nc(O)c2c(-c3cc(Cl)cc(Cl)c3)coc2n1. The van der Waals surface area contributed by atoms with Gasteiger partial charge in [0.1, 0.15) is 17.5 Å². The molecule has 4 nitrogen and oxygen atoms in total. The number of hydrogen-bond acceptors (Lipinski definition) is 4. The van der Waals surface area contributed by atoms with Crippen LogP contribution in [0.1, 0.15) is 25.2 Å². The molecule has 2 aromatic heterocycles. The summed E-state index contributed by atoms with van der Waals surface area (Å²) < 4.78 is 5.64. The van der Waals surface area contributed by atoms with E-state index >= 15 is 0 Å². The van der Waals surface area contributed by atoms with E-state index in [1.54, 1.807) is 18.2 Å². The quantitative estimate of drug-likeness (QED) is 0.444. The molecule has 136 valence electrons. The minimum absolute atomic E-state index is 0.140. The predicted molar refractivity (Wildman–Crippen MR) is 107 cm³/mol. The summed E-state index contributed by atoms with van der Waals surface area (Å²) in [5.41, 5.74) is 2.21. The van der Waals surface area contributed by atoms with Crippen molar-refractivity contribution in [2.75, 3.05) is 0 Å². The van der Waals surface area contributed by atoms with Gasteiger partial charge in [0.2, 0.25) is 11.6 Å². The van der Waals surface area contributed by atoms with Gasteiger partial charge in [-0.05, 0) is 43.2 Å². The topological polar surface area (TPSA) is 59.2 Å². The first kappa shape index (κ1) is 17.8. The molecule has 2 heterocycles. The van der Waals surface area contributed by atoms with Crippen molar-refractivity contribution in [3.05, 3.63) is 76.2 Å². The fourth-order valence-electron chi connectivity index (χ4n) is 3.11. The molecule has 0 atom stereocenters. The first-order valence-corrected chi connectivity index (χ1v) is 9.12. The molecule has 0 bridgehead atoms. The highest BCUT2D eigenvalue weighted by atomic mass is 35.5. The van der Waals surface area contributed by atoms with Crippen molar-refractivity contribution < 1.29 is 9.52 Å². The van der Waals surface area contributed by atoms with Crippen LogP contribution in [0.4, 0.5) is 0 Å². The maximum Gasteiger partial charge on any atom is 0.233 e. The summed E-state index contributed by atoms with van der Waals surface area (Å²) in [5.74, 6) is 0.336. The zero-order chi connectivity index (χ0) is 19.2. The molecule has 0 aliphatic rings. The van der Waals surface area contributed by atoms with Crippen molar-refractivity contribution in [3.63, 3.8) is 0 Å². The Morgan fingerprint density at radius 1 is 0.963 bits per heavy atom. The summed E-state index contributed by atoms with van der Waals surface area (Å²) in [6.45, 7) is 4.01. The smallest absolute Gasteiger partial charge is 0.233 e. The van der Waals surface area contributed by atoms with E-state index in [4.69, 9.17) is 27.6 Å². The Bertz CT molecular complexity index is 1120. The van der Waals surface area contributed by atoms with E-state index in [1.807, 2.05) is 44.2 Å². The molecular formula is C21H16Cl2N2O2. The van der Waals surface area contributed by atoms with Gasteiger partial charge < -0.3 is 9.52 Å². The molecule has 0 saturated carbocycles. The number of furan rings is 1. The summed E-state index contributed by atoms with van der Waals surface area (Å²) >= 11 is 12.2. The van der Waals surface area contributed by atoms with Crippen LogP contribution in [0, 0.1) is 0 Å². The zero-order valence-corrected chi connectivity index (χ0v) is 16.2. The fourth-order valence-corrected chi connectivity index (χ4v) is 3.63. The second-order valence-corrected chi connectivity index (χ2v) is 7.72. The molecule has 1 N–H and O–H groups in total. The molecule has 4 rings (SSSR count). The number of nitrogens with zero attached hydrogens (tertiary/aromatic N) is 2. The van der Waals surface area contributed by atoms with E-state index < -0.39 is 5.41 Å². The minimum atomic E-state index is -0.501. The van der Waals surface area contributed by atoms with Crippen molar-refractivity contribution in [2.45, 2.75) is 19.3 Å². The van der Waals surface area contributed by atoms with E-state index in [1.165, 1.54) is 6.26 Å². The number of halogens is 2. The molecule has 0 spiro atoms. The average Bonchev–Trinajstić information content (AvgIpc) is 3.06. The lowest BCUT2D eigenvalue weighted by molar-refractivity contribution is 0.446. The summed E-state index contributed by atoms with van der Waals surface area (Å²) in [6.07, 6.45) is 1.53. The van der Waals surface area contributed by atoms with Gasteiger partial charge in [0, 0.05) is 21.0 Å². The molecule has 0 saturated heterocycles. The average molecular weight is 399 g/mol. The maximum atomic E-state index is 10.7.